The van der Waals surface area contributed by atoms with Crippen molar-refractivity contribution in [3.05, 3.63) is 63.6 Å². The maximum absolute atomic E-state index is 13.9. The van der Waals surface area contributed by atoms with Gasteiger partial charge in [-0.1, -0.05) is 48.7 Å². The third-order valence-electron chi connectivity index (χ3n) is 3.18. The molecule has 0 aromatic heterocycles. The summed E-state index contributed by atoms with van der Waals surface area (Å²) in [6.45, 7) is 2.03. The van der Waals surface area contributed by atoms with E-state index in [1.54, 1.807) is 12.1 Å². The fourth-order valence-electron chi connectivity index (χ4n) is 2.16. The van der Waals surface area contributed by atoms with Gasteiger partial charge in [-0.15, -0.1) is 0 Å². The second-order valence-electron chi connectivity index (χ2n) is 4.78. The largest absolute Gasteiger partial charge is 0.375 e. The zero-order valence-electron chi connectivity index (χ0n) is 11.5. The molecule has 2 aromatic carbocycles. The zero-order chi connectivity index (χ0) is 15.4. The number of anilines is 1. The lowest BCUT2D eigenvalue weighted by atomic mass is 10.0. The van der Waals surface area contributed by atoms with E-state index < -0.39 is 11.6 Å². The minimum atomic E-state index is -0.699. The molecule has 0 radical (unpaired) electrons. The Hall–Kier alpha value is -1.32. The molecule has 0 heterocycles. The van der Waals surface area contributed by atoms with Crippen molar-refractivity contribution in [2.24, 2.45) is 0 Å². The maximum atomic E-state index is 13.9. The predicted octanol–water partition coefficient (Wildman–Crippen LogP) is 6.22. The molecule has 0 amide bonds. The molecular formula is C16H15Cl2F2N. The second kappa shape index (κ2) is 7.10. The summed E-state index contributed by atoms with van der Waals surface area (Å²) in [5.41, 5.74) is 1.09. The first-order valence-electron chi connectivity index (χ1n) is 6.67. The highest BCUT2D eigenvalue weighted by atomic mass is 35.5. The molecule has 0 saturated carbocycles. The summed E-state index contributed by atoms with van der Waals surface area (Å²) in [7, 11) is 0. The molecule has 21 heavy (non-hydrogen) atoms. The lowest BCUT2D eigenvalue weighted by Crippen LogP contribution is -2.12. The van der Waals surface area contributed by atoms with Crippen molar-refractivity contribution in [2.75, 3.05) is 5.32 Å². The van der Waals surface area contributed by atoms with E-state index in [0.29, 0.717) is 5.02 Å². The average molecular weight is 330 g/mol. The Morgan fingerprint density at radius 3 is 2.33 bits per heavy atom. The van der Waals surface area contributed by atoms with Crippen molar-refractivity contribution in [3.63, 3.8) is 0 Å². The molecule has 1 atom stereocenters. The van der Waals surface area contributed by atoms with Crippen molar-refractivity contribution < 1.29 is 8.78 Å². The third-order valence-corrected chi connectivity index (χ3v) is 3.73. The summed E-state index contributed by atoms with van der Waals surface area (Å²) in [5.74, 6) is -1.39. The van der Waals surface area contributed by atoms with E-state index >= 15 is 0 Å². The molecule has 2 rings (SSSR count). The molecule has 0 saturated heterocycles. The monoisotopic (exact) mass is 329 g/mol. The van der Waals surface area contributed by atoms with Crippen LogP contribution in [0.4, 0.5) is 14.5 Å². The molecule has 112 valence electrons. The molecule has 0 aliphatic rings. The molecule has 2 aromatic rings. The SMILES string of the molecule is CCCC(Nc1c(F)cc(F)cc1Cl)c1ccc(Cl)cc1. The van der Waals surface area contributed by atoms with Crippen molar-refractivity contribution in [1.82, 2.24) is 0 Å². The van der Waals surface area contributed by atoms with Gasteiger partial charge in [-0.25, -0.2) is 8.78 Å². The van der Waals surface area contributed by atoms with Crippen LogP contribution in [0.25, 0.3) is 0 Å². The first-order chi connectivity index (χ1) is 10.0. The van der Waals surface area contributed by atoms with Crippen LogP contribution in [0.3, 0.4) is 0 Å². The van der Waals surface area contributed by atoms with Crippen LogP contribution in [0.1, 0.15) is 31.4 Å². The fourth-order valence-corrected chi connectivity index (χ4v) is 2.54. The number of nitrogens with one attached hydrogen (secondary N) is 1. The Morgan fingerprint density at radius 2 is 1.76 bits per heavy atom. The molecule has 0 fully saturated rings. The molecule has 0 bridgehead atoms. The highest BCUT2D eigenvalue weighted by molar-refractivity contribution is 6.33. The maximum Gasteiger partial charge on any atom is 0.150 e. The van der Waals surface area contributed by atoms with Crippen LogP contribution >= 0.6 is 23.2 Å². The topological polar surface area (TPSA) is 12.0 Å². The number of benzene rings is 2. The van der Waals surface area contributed by atoms with Crippen molar-refractivity contribution in [2.45, 2.75) is 25.8 Å². The van der Waals surface area contributed by atoms with Crippen LogP contribution in [0.5, 0.6) is 0 Å². The molecule has 0 spiro atoms. The van der Waals surface area contributed by atoms with Gasteiger partial charge in [-0.05, 0) is 30.2 Å². The minimum Gasteiger partial charge on any atom is -0.375 e. The normalized spacial score (nSPS) is 12.2. The van der Waals surface area contributed by atoms with Gasteiger partial charge in [0.25, 0.3) is 0 Å². The van der Waals surface area contributed by atoms with E-state index in [1.807, 2.05) is 19.1 Å². The average Bonchev–Trinajstić information content (AvgIpc) is 2.42. The molecule has 1 N–H and O–H groups in total. The summed E-state index contributed by atoms with van der Waals surface area (Å²) < 4.78 is 27.0. The summed E-state index contributed by atoms with van der Waals surface area (Å²) in [5, 5.41) is 3.73. The quantitative estimate of drug-likeness (QED) is 0.686. The van der Waals surface area contributed by atoms with Gasteiger partial charge < -0.3 is 5.32 Å². The molecule has 0 aliphatic heterocycles. The van der Waals surface area contributed by atoms with Gasteiger partial charge in [0.1, 0.15) is 5.82 Å². The highest BCUT2D eigenvalue weighted by Crippen LogP contribution is 2.32. The number of rotatable bonds is 5. The fraction of sp³-hybridized carbons (Fsp3) is 0.250. The summed E-state index contributed by atoms with van der Waals surface area (Å²) in [6, 6.07) is 9.12. The van der Waals surface area contributed by atoms with Crippen LogP contribution in [0.15, 0.2) is 36.4 Å². The Morgan fingerprint density at radius 1 is 1.10 bits per heavy atom. The van der Waals surface area contributed by atoms with E-state index in [-0.39, 0.29) is 16.8 Å². The van der Waals surface area contributed by atoms with Gasteiger partial charge >= 0.3 is 0 Å². The van der Waals surface area contributed by atoms with Gasteiger partial charge in [0.2, 0.25) is 0 Å². The van der Waals surface area contributed by atoms with E-state index in [4.69, 9.17) is 23.2 Å². The van der Waals surface area contributed by atoms with Crippen LogP contribution in [0, 0.1) is 11.6 Å². The van der Waals surface area contributed by atoms with E-state index in [2.05, 4.69) is 5.32 Å². The molecule has 1 nitrogen and oxygen atoms in total. The lowest BCUT2D eigenvalue weighted by Gasteiger charge is -2.21. The van der Waals surface area contributed by atoms with E-state index in [0.717, 1.165) is 30.5 Å². The molecule has 0 aliphatic carbocycles. The number of hydrogen-bond acceptors (Lipinski definition) is 1. The first kappa shape index (κ1) is 16.1. The van der Waals surface area contributed by atoms with Gasteiger partial charge in [0, 0.05) is 11.1 Å². The van der Waals surface area contributed by atoms with Gasteiger partial charge in [0.15, 0.2) is 5.82 Å². The Bertz CT molecular complexity index is 591. The lowest BCUT2D eigenvalue weighted by molar-refractivity contribution is 0.580. The standard InChI is InChI=1S/C16H15Cl2F2N/c1-2-3-15(10-4-6-11(17)7-5-10)21-16-13(18)8-12(19)9-14(16)20/h4-9,15,21H,2-3H2,1H3. The van der Waals surface area contributed by atoms with Crippen molar-refractivity contribution in [3.8, 4) is 0 Å². The molecule has 1 unspecified atom stereocenters. The molecule has 5 heteroatoms. The summed E-state index contributed by atoms with van der Waals surface area (Å²) in [4.78, 5) is 0. The zero-order valence-corrected chi connectivity index (χ0v) is 13.0. The van der Waals surface area contributed by atoms with Gasteiger partial charge in [0.05, 0.1) is 16.8 Å². The molecular weight excluding hydrogens is 315 g/mol. The van der Waals surface area contributed by atoms with Crippen LogP contribution in [-0.2, 0) is 0 Å². The minimum absolute atomic E-state index is 0.0302. The van der Waals surface area contributed by atoms with Crippen molar-refractivity contribution >= 4 is 28.9 Å². The number of halogens is 4. The van der Waals surface area contributed by atoms with Gasteiger partial charge in [-0.3, -0.25) is 0 Å². The summed E-state index contributed by atoms with van der Waals surface area (Å²) >= 11 is 11.8. The van der Waals surface area contributed by atoms with Crippen LogP contribution in [-0.4, -0.2) is 0 Å². The highest BCUT2D eigenvalue weighted by Gasteiger charge is 2.16. The first-order valence-corrected chi connectivity index (χ1v) is 7.43. The smallest absolute Gasteiger partial charge is 0.150 e. The van der Waals surface area contributed by atoms with Gasteiger partial charge in [-0.2, -0.15) is 0 Å². The van der Waals surface area contributed by atoms with Crippen LogP contribution in [0.2, 0.25) is 10.0 Å². The van der Waals surface area contributed by atoms with E-state index in [1.165, 1.54) is 0 Å². The number of hydrogen-bond donors (Lipinski definition) is 1. The second-order valence-corrected chi connectivity index (χ2v) is 5.63. The Labute approximate surface area is 132 Å². The third kappa shape index (κ3) is 4.08. The summed E-state index contributed by atoms with van der Waals surface area (Å²) in [6.07, 6.45) is 1.69. The Kier molecular flexibility index (Phi) is 5.43. The predicted molar refractivity (Wildman–Crippen MR) is 84.1 cm³/mol. The van der Waals surface area contributed by atoms with E-state index in [9.17, 15) is 8.78 Å². The van der Waals surface area contributed by atoms with Crippen LogP contribution < -0.4 is 5.32 Å². The van der Waals surface area contributed by atoms with Crippen molar-refractivity contribution in [1.29, 1.82) is 0 Å². The Balaban J connectivity index is 2.30.